The Hall–Kier alpha value is -1.08. The molecule has 0 fully saturated rings. The van der Waals surface area contributed by atoms with E-state index >= 15 is 0 Å². The van der Waals surface area contributed by atoms with Gasteiger partial charge in [-0.3, -0.25) is 0 Å². The van der Waals surface area contributed by atoms with E-state index in [1.54, 1.807) is 0 Å². The summed E-state index contributed by atoms with van der Waals surface area (Å²) in [4.78, 5) is 0. The van der Waals surface area contributed by atoms with Crippen LogP contribution in [0.15, 0.2) is 42.0 Å². The SMILES string of the molecule is OC(/C1=C/CCCCCC1)c1ccccc1. The maximum absolute atomic E-state index is 10.3. The van der Waals surface area contributed by atoms with Crippen molar-refractivity contribution in [2.24, 2.45) is 0 Å². The van der Waals surface area contributed by atoms with Crippen LogP contribution in [0.2, 0.25) is 0 Å². The van der Waals surface area contributed by atoms with Crippen molar-refractivity contribution in [1.82, 2.24) is 0 Å². The quantitative estimate of drug-likeness (QED) is 0.741. The van der Waals surface area contributed by atoms with E-state index in [-0.39, 0.29) is 6.10 Å². The van der Waals surface area contributed by atoms with Gasteiger partial charge in [0.2, 0.25) is 0 Å². The smallest absolute Gasteiger partial charge is 0.100 e. The van der Waals surface area contributed by atoms with Gasteiger partial charge < -0.3 is 5.11 Å². The monoisotopic (exact) mass is 216 g/mol. The number of aliphatic hydroxyl groups excluding tert-OH is 1. The molecule has 0 amide bonds. The molecule has 1 heteroatoms. The molecule has 1 atom stereocenters. The Kier molecular flexibility index (Phi) is 4.17. The van der Waals surface area contributed by atoms with E-state index in [1.165, 1.54) is 31.3 Å². The zero-order chi connectivity index (χ0) is 11.2. The van der Waals surface area contributed by atoms with Crippen molar-refractivity contribution < 1.29 is 5.11 Å². The van der Waals surface area contributed by atoms with E-state index in [0.717, 1.165) is 18.4 Å². The van der Waals surface area contributed by atoms with Crippen LogP contribution in [0.4, 0.5) is 0 Å². The molecule has 2 rings (SSSR count). The first-order chi connectivity index (χ1) is 7.88. The Morgan fingerprint density at radius 3 is 2.50 bits per heavy atom. The average Bonchev–Trinajstić information content (AvgIpc) is 2.29. The summed E-state index contributed by atoms with van der Waals surface area (Å²) in [6, 6.07) is 9.97. The van der Waals surface area contributed by atoms with E-state index in [1.807, 2.05) is 30.3 Å². The van der Waals surface area contributed by atoms with E-state index in [9.17, 15) is 5.11 Å². The molecule has 0 bridgehead atoms. The van der Waals surface area contributed by atoms with Gasteiger partial charge >= 0.3 is 0 Å². The topological polar surface area (TPSA) is 20.2 Å². The number of allylic oxidation sites excluding steroid dienone is 1. The van der Waals surface area contributed by atoms with Crippen molar-refractivity contribution in [2.75, 3.05) is 0 Å². The number of aliphatic hydroxyl groups is 1. The van der Waals surface area contributed by atoms with Gasteiger partial charge in [0.25, 0.3) is 0 Å². The Balaban J connectivity index is 2.10. The summed E-state index contributed by atoms with van der Waals surface area (Å²) in [6.45, 7) is 0. The first-order valence-electron chi connectivity index (χ1n) is 6.30. The van der Waals surface area contributed by atoms with Gasteiger partial charge in [-0.15, -0.1) is 0 Å². The molecule has 1 N–H and O–H groups in total. The zero-order valence-corrected chi connectivity index (χ0v) is 9.73. The first-order valence-corrected chi connectivity index (χ1v) is 6.30. The summed E-state index contributed by atoms with van der Waals surface area (Å²) in [6.07, 6.45) is 9.16. The van der Waals surface area contributed by atoms with Crippen LogP contribution >= 0.6 is 0 Å². The summed E-state index contributed by atoms with van der Waals surface area (Å²) in [5, 5.41) is 10.3. The predicted octanol–water partition coefficient (Wildman–Crippen LogP) is 4.00. The lowest BCUT2D eigenvalue weighted by Crippen LogP contribution is -2.03. The molecule has 1 aromatic rings. The largest absolute Gasteiger partial charge is 0.384 e. The fourth-order valence-electron chi connectivity index (χ4n) is 2.31. The van der Waals surface area contributed by atoms with Crippen LogP contribution < -0.4 is 0 Å². The highest BCUT2D eigenvalue weighted by atomic mass is 16.3. The van der Waals surface area contributed by atoms with Crippen LogP contribution in [0.25, 0.3) is 0 Å². The average molecular weight is 216 g/mol. The summed E-state index contributed by atoms with van der Waals surface area (Å²) < 4.78 is 0. The fourth-order valence-corrected chi connectivity index (χ4v) is 2.31. The number of benzene rings is 1. The van der Waals surface area contributed by atoms with Crippen molar-refractivity contribution in [3.63, 3.8) is 0 Å². The van der Waals surface area contributed by atoms with E-state index in [2.05, 4.69) is 6.08 Å². The molecular formula is C15H20O. The van der Waals surface area contributed by atoms with Crippen molar-refractivity contribution in [3.8, 4) is 0 Å². The molecule has 0 saturated heterocycles. The minimum Gasteiger partial charge on any atom is -0.384 e. The second-order valence-corrected chi connectivity index (χ2v) is 4.55. The molecule has 0 spiro atoms. The van der Waals surface area contributed by atoms with Crippen LogP contribution in [0, 0.1) is 0 Å². The summed E-state index contributed by atoms with van der Waals surface area (Å²) in [7, 11) is 0. The molecule has 16 heavy (non-hydrogen) atoms. The van der Waals surface area contributed by atoms with Crippen LogP contribution in [0.3, 0.4) is 0 Å². The molecule has 0 saturated carbocycles. The van der Waals surface area contributed by atoms with Gasteiger partial charge in [0, 0.05) is 0 Å². The van der Waals surface area contributed by atoms with Crippen molar-refractivity contribution in [2.45, 2.75) is 44.6 Å². The lowest BCUT2D eigenvalue weighted by molar-refractivity contribution is 0.209. The molecule has 0 aromatic heterocycles. The van der Waals surface area contributed by atoms with Crippen LogP contribution in [0.5, 0.6) is 0 Å². The van der Waals surface area contributed by atoms with Crippen LogP contribution in [0.1, 0.15) is 50.2 Å². The minimum atomic E-state index is -0.390. The van der Waals surface area contributed by atoms with Crippen molar-refractivity contribution >= 4 is 0 Å². The molecule has 1 unspecified atom stereocenters. The normalized spacial score (nSPS) is 22.7. The Morgan fingerprint density at radius 1 is 0.938 bits per heavy atom. The number of rotatable bonds is 2. The summed E-state index contributed by atoms with van der Waals surface area (Å²) in [5.41, 5.74) is 2.24. The fraction of sp³-hybridized carbons (Fsp3) is 0.467. The third-order valence-corrected chi connectivity index (χ3v) is 3.29. The molecule has 1 aliphatic carbocycles. The standard InChI is InChI=1S/C15H20O/c16-15(14-11-7-4-8-12-14)13-9-5-2-1-3-6-10-13/h4,7-9,11-12,15-16H,1-3,5-6,10H2/b13-9+. The highest BCUT2D eigenvalue weighted by molar-refractivity contribution is 5.26. The van der Waals surface area contributed by atoms with Gasteiger partial charge in [0.1, 0.15) is 6.10 Å². The first kappa shape index (κ1) is 11.4. The van der Waals surface area contributed by atoms with Crippen LogP contribution in [-0.2, 0) is 0 Å². The third kappa shape index (κ3) is 2.96. The Labute approximate surface area is 97.8 Å². The molecular weight excluding hydrogens is 196 g/mol. The summed E-state index contributed by atoms with van der Waals surface area (Å²) >= 11 is 0. The molecule has 1 aromatic carbocycles. The second kappa shape index (κ2) is 5.86. The lowest BCUT2D eigenvalue weighted by atomic mass is 9.93. The highest BCUT2D eigenvalue weighted by Crippen LogP contribution is 2.28. The number of hydrogen-bond donors (Lipinski definition) is 1. The Bertz CT molecular complexity index is 340. The maximum Gasteiger partial charge on any atom is 0.100 e. The number of hydrogen-bond acceptors (Lipinski definition) is 1. The van der Waals surface area contributed by atoms with Gasteiger partial charge in [-0.25, -0.2) is 0 Å². The minimum absolute atomic E-state index is 0.390. The van der Waals surface area contributed by atoms with Gasteiger partial charge in [-0.2, -0.15) is 0 Å². The van der Waals surface area contributed by atoms with E-state index in [0.29, 0.717) is 0 Å². The van der Waals surface area contributed by atoms with E-state index < -0.39 is 0 Å². The second-order valence-electron chi connectivity index (χ2n) is 4.55. The predicted molar refractivity (Wildman–Crippen MR) is 67.2 cm³/mol. The highest BCUT2D eigenvalue weighted by Gasteiger charge is 2.13. The van der Waals surface area contributed by atoms with Crippen molar-refractivity contribution in [1.29, 1.82) is 0 Å². The van der Waals surface area contributed by atoms with Gasteiger partial charge in [0.05, 0.1) is 0 Å². The van der Waals surface area contributed by atoms with Gasteiger partial charge in [0.15, 0.2) is 0 Å². The molecule has 86 valence electrons. The maximum atomic E-state index is 10.3. The molecule has 0 aliphatic heterocycles. The Morgan fingerprint density at radius 2 is 1.69 bits per heavy atom. The zero-order valence-electron chi connectivity index (χ0n) is 9.73. The third-order valence-electron chi connectivity index (χ3n) is 3.29. The molecule has 0 heterocycles. The summed E-state index contributed by atoms with van der Waals surface area (Å²) in [5.74, 6) is 0. The van der Waals surface area contributed by atoms with Gasteiger partial charge in [-0.05, 0) is 36.8 Å². The molecule has 1 nitrogen and oxygen atoms in total. The molecule has 1 aliphatic rings. The molecule has 0 radical (unpaired) electrons. The van der Waals surface area contributed by atoms with Gasteiger partial charge in [-0.1, -0.05) is 49.2 Å². The lowest BCUT2D eigenvalue weighted by Gasteiger charge is -2.17. The van der Waals surface area contributed by atoms with Crippen LogP contribution in [-0.4, -0.2) is 5.11 Å². The van der Waals surface area contributed by atoms with E-state index in [4.69, 9.17) is 0 Å². The van der Waals surface area contributed by atoms with Crippen molar-refractivity contribution in [3.05, 3.63) is 47.5 Å².